The number of rotatable bonds is 2. The minimum atomic E-state index is 0.532. The minimum absolute atomic E-state index is 0.532. The van der Waals surface area contributed by atoms with Gasteiger partial charge in [-0.05, 0) is 46.5 Å². The molecule has 0 atom stereocenters. The average molecular weight is 393 g/mol. The first-order valence-corrected chi connectivity index (χ1v) is 10.8. The molecule has 0 radical (unpaired) electrons. The van der Waals surface area contributed by atoms with E-state index in [1.165, 1.54) is 42.8 Å². The summed E-state index contributed by atoms with van der Waals surface area (Å²) < 4.78 is 4.42. The molecule has 0 saturated carbocycles. The summed E-state index contributed by atoms with van der Waals surface area (Å²) in [5, 5.41) is 2.54. The first-order chi connectivity index (χ1) is 14.2. The summed E-state index contributed by atoms with van der Waals surface area (Å²) in [5.74, 6) is 0.532. The number of hydrogen-bond donors (Lipinski definition) is 0. The second-order valence-electron chi connectivity index (χ2n) is 7.91. The van der Waals surface area contributed by atoms with Gasteiger partial charge in [0.1, 0.15) is 0 Å². The van der Waals surface area contributed by atoms with E-state index in [0.29, 0.717) is 5.92 Å². The Labute approximate surface area is 174 Å². The first kappa shape index (κ1) is 16.9. The van der Waals surface area contributed by atoms with Crippen molar-refractivity contribution in [2.24, 2.45) is 0 Å². The lowest BCUT2D eigenvalue weighted by Gasteiger charge is -2.18. The molecule has 0 saturated heterocycles. The molecule has 4 aromatic carbocycles. The van der Waals surface area contributed by atoms with Gasteiger partial charge in [-0.3, -0.25) is 9.13 Å². The maximum atomic E-state index is 3.64. The van der Waals surface area contributed by atoms with Crippen LogP contribution in [0.1, 0.15) is 25.3 Å². The van der Waals surface area contributed by atoms with E-state index in [0.717, 1.165) is 5.69 Å². The van der Waals surface area contributed by atoms with E-state index in [-0.39, 0.29) is 0 Å². The molecule has 0 aliphatic carbocycles. The van der Waals surface area contributed by atoms with E-state index < -0.39 is 0 Å². The van der Waals surface area contributed by atoms with Gasteiger partial charge in [-0.1, -0.05) is 80.2 Å². The van der Waals surface area contributed by atoms with Crippen LogP contribution in [0.3, 0.4) is 0 Å². The van der Waals surface area contributed by atoms with Gasteiger partial charge in [-0.2, -0.15) is 0 Å². The van der Waals surface area contributed by atoms with Crippen LogP contribution in [0.4, 0.5) is 0 Å². The van der Waals surface area contributed by atoms with E-state index in [1.807, 2.05) is 11.8 Å². The van der Waals surface area contributed by atoms with Crippen LogP contribution < -0.4 is 4.57 Å². The Balaban J connectivity index is 1.61. The summed E-state index contributed by atoms with van der Waals surface area (Å²) in [6, 6.07) is 28.6. The van der Waals surface area contributed by atoms with Gasteiger partial charge < -0.3 is 0 Å². The zero-order valence-corrected chi connectivity index (χ0v) is 17.2. The van der Waals surface area contributed by atoms with E-state index in [1.54, 1.807) is 0 Å². The second-order valence-corrected chi connectivity index (χ2v) is 8.99. The van der Waals surface area contributed by atoms with Crippen molar-refractivity contribution in [2.45, 2.75) is 29.6 Å². The van der Waals surface area contributed by atoms with Gasteiger partial charge in [0.2, 0.25) is 0 Å². The molecule has 1 aliphatic heterocycles. The Kier molecular flexibility index (Phi) is 3.62. The molecule has 0 spiro atoms. The van der Waals surface area contributed by atoms with Crippen molar-refractivity contribution < 1.29 is 4.57 Å². The molecule has 0 amide bonds. The summed E-state index contributed by atoms with van der Waals surface area (Å²) in [5.41, 5.74) is 6.12. The monoisotopic (exact) mass is 392 g/mol. The number of hydrogen-bond acceptors (Lipinski definition) is 1. The van der Waals surface area contributed by atoms with E-state index in [4.69, 9.17) is 0 Å². The highest BCUT2D eigenvalue weighted by Crippen LogP contribution is 2.41. The lowest BCUT2D eigenvalue weighted by atomic mass is 10.0. The lowest BCUT2D eigenvalue weighted by molar-refractivity contribution is -0.576. The summed E-state index contributed by atoms with van der Waals surface area (Å²) >= 11 is 1.85. The molecule has 6 rings (SSSR count). The van der Waals surface area contributed by atoms with Crippen LogP contribution in [0.15, 0.2) is 88.7 Å². The first-order valence-electron chi connectivity index (χ1n) is 9.99. The van der Waals surface area contributed by atoms with Crippen LogP contribution in [0.5, 0.6) is 0 Å². The Bertz CT molecular complexity index is 1390. The fourth-order valence-corrected chi connectivity index (χ4v) is 5.28. The predicted octanol–water partition coefficient (Wildman–Crippen LogP) is 6.45. The SMILES string of the molecule is CC(C)c1ccc(-n2[c-][n+]3c4c(cccc42)Sc2cc4ccccc4cc2-3)cc1. The minimum Gasteiger partial charge on any atom is -0.292 e. The molecule has 0 unspecified atom stereocenters. The molecule has 0 bridgehead atoms. The maximum absolute atomic E-state index is 3.64. The standard InChI is InChI=1S/C26H20N2S/c1-17(2)18-10-12-21(13-11-18)27-16-28-23-14-19-6-3-4-7-20(19)15-25(23)29-24-9-5-8-22(27)26(24)28/h3-15,17H,1-2H3. The molecule has 29 heavy (non-hydrogen) atoms. The fourth-order valence-electron chi connectivity index (χ4n) is 4.16. The Morgan fingerprint density at radius 2 is 1.59 bits per heavy atom. The van der Waals surface area contributed by atoms with E-state index >= 15 is 0 Å². The number of aromatic nitrogens is 2. The van der Waals surface area contributed by atoms with Gasteiger partial charge in [-0.15, -0.1) is 0 Å². The summed E-state index contributed by atoms with van der Waals surface area (Å²) in [4.78, 5) is 2.55. The molecule has 0 fully saturated rings. The Morgan fingerprint density at radius 1 is 0.828 bits per heavy atom. The lowest BCUT2D eigenvalue weighted by Crippen LogP contribution is -2.32. The second kappa shape index (κ2) is 6.23. The topological polar surface area (TPSA) is 8.81 Å². The van der Waals surface area contributed by atoms with Crippen molar-refractivity contribution in [1.82, 2.24) is 4.57 Å². The number of nitrogens with zero attached hydrogens (tertiary/aromatic N) is 2. The summed E-state index contributed by atoms with van der Waals surface area (Å²) in [6.07, 6.45) is 3.64. The van der Waals surface area contributed by atoms with Crippen molar-refractivity contribution in [2.75, 3.05) is 0 Å². The number of para-hydroxylation sites is 1. The van der Waals surface area contributed by atoms with Crippen molar-refractivity contribution in [3.63, 3.8) is 0 Å². The molecular formula is C26H20N2S. The van der Waals surface area contributed by atoms with Gasteiger partial charge >= 0.3 is 0 Å². The quantitative estimate of drug-likeness (QED) is 0.243. The smallest absolute Gasteiger partial charge is 0.269 e. The zero-order valence-electron chi connectivity index (χ0n) is 16.4. The Morgan fingerprint density at radius 3 is 2.34 bits per heavy atom. The van der Waals surface area contributed by atoms with Gasteiger partial charge in [0.25, 0.3) is 6.33 Å². The van der Waals surface area contributed by atoms with Gasteiger partial charge in [0, 0.05) is 9.79 Å². The van der Waals surface area contributed by atoms with Crippen molar-refractivity contribution in [1.29, 1.82) is 0 Å². The molecule has 1 aliphatic rings. The van der Waals surface area contributed by atoms with Crippen LogP contribution in [-0.2, 0) is 0 Å². The van der Waals surface area contributed by atoms with Crippen LogP contribution >= 0.6 is 11.8 Å². The normalized spacial score (nSPS) is 12.7. The van der Waals surface area contributed by atoms with Gasteiger partial charge in [-0.25, -0.2) is 0 Å². The molecular weight excluding hydrogens is 372 g/mol. The molecule has 0 N–H and O–H groups in total. The Hall–Kier alpha value is -3.04. The molecule has 5 aromatic rings. The van der Waals surface area contributed by atoms with Gasteiger partial charge in [0.05, 0.1) is 22.4 Å². The third-order valence-electron chi connectivity index (χ3n) is 5.75. The van der Waals surface area contributed by atoms with E-state index in [2.05, 4.69) is 108 Å². The molecule has 140 valence electrons. The number of fused-ring (bicyclic) bond motifs is 3. The average Bonchev–Trinajstić information content (AvgIpc) is 3.14. The van der Waals surface area contributed by atoms with Crippen molar-refractivity contribution in [3.8, 4) is 11.4 Å². The highest BCUT2D eigenvalue weighted by atomic mass is 32.2. The zero-order chi connectivity index (χ0) is 19.5. The van der Waals surface area contributed by atoms with Crippen LogP contribution in [-0.4, -0.2) is 4.57 Å². The molecule has 1 aromatic heterocycles. The molecule has 3 heteroatoms. The van der Waals surface area contributed by atoms with E-state index in [9.17, 15) is 0 Å². The van der Waals surface area contributed by atoms with Gasteiger partial charge in [0.15, 0.2) is 0 Å². The number of imidazole rings is 1. The molecule has 2 heterocycles. The third kappa shape index (κ3) is 2.54. The predicted molar refractivity (Wildman–Crippen MR) is 119 cm³/mol. The summed E-state index contributed by atoms with van der Waals surface area (Å²) in [6.45, 7) is 4.46. The van der Waals surface area contributed by atoms with Crippen molar-refractivity contribution in [3.05, 3.63) is 90.8 Å². The third-order valence-corrected chi connectivity index (χ3v) is 6.84. The molecule has 2 nitrogen and oxygen atoms in total. The van der Waals surface area contributed by atoms with Crippen molar-refractivity contribution >= 4 is 33.6 Å². The highest BCUT2D eigenvalue weighted by molar-refractivity contribution is 7.99. The summed E-state index contributed by atoms with van der Waals surface area (Å²) in [7, 11) is 0. The van der Waals surface area contributed by atoms with Crippen LogP contribution in [0.25, 0.3) is 33.2 Å². The number of benzene rings is 4. The van der Waals surface area contributed by atoms with Crippen LogP contribution in [0.2, 0.25) is 0 Å². The van der Waals surface area contributed by atoms with Crippen LogP contribution in [0, 0.1) is 6.33 Å². The maximum Gasteiger partial charge on any atom is 0.269 e. The highest BCUT2D eigenvalue weighted by Gasteiger charge is 2.23. The largest absolute Gasteiger partial charge is 0.292 e. The fraction of sp³-hybridized carbons (Fsp3) is 0.115.